The Hall–Kier alpha value is 0.976. The normalized spacial score (nSPS) is 14.7. The molecule has 28 valence electrons. The molecule has 1 aliphatic rings. The van der Waals surface area contributed by atoms with Crippen LogP contribution in [0, 0.1) is 0 Å². The van der Waals surface area contributed by atoms with Crippen LogP contribution in [0.2, 0.25) is 0 Å². The molecule has 0 unspecified atom stereocenters. The van der Waals surface area contributed by atoms with Crippen molar-refractivity contribution < 1.29 is 52.8 Å². The molecule has 0 atom stereocenters. The first-order valence-corrected chi connectivity index (χ1v) is 1.50. The minimum Gasteiger partial charge on any atom is -1.00 e. The number of hydrogen-bond acceptors (Lipinski definition) is 2. The molecule has 0 aromatic rings. The first kappa shape index (κ1) is 6.98. The van der Waals surface area contributed by atoms with E-state index in [9.17, 15) is 0 Å². The summed E-state index contributed by atoms with van der Waals surface area (Å²) in [5.41, 5.74) is 0. The molecular weight excluding hydrogens is 103 g/mol. The molecule has 6 heavy (non-hydrogen) atoms. The van der Waals surface area contributed by atoms with Crippen molar-refractivity contribution in [1.82, 2.24) is 0 Å². The quantitative estimate of drug-likeness (QED) is 0.300. The Balaban J connectivity index is 0. The Bertz CT molecular complexity index is 71.0. The van der Waals surface area contributed by atoms with Crippen LogP contribution in [0.25, 0.3) is 0 Å². The van der Waals surface area contributed by atoms with E-state index in [1.807, 2.05) is 0 Å². The van der Waals surface area contributed by atoms with E-state index in [4.69, 9.17) is 0 Å². The molecule has 0 aliphatic carbocycles. The first-order valence-electron chi connectivity index (χ1n) is 1.50. The molecule has 0 radical (unpaired) electrons. The van der Waals surface area contributed by atoms with Gasteiger partial charge >= 0.3 is 51.4 Å². The van der Waals surface area contributed by atoms with Crippen LogP contribution in [0.1, 0.15) is 1.43 Å². The molecule has 1 heterocycles. The molecule has 0 fully saturated rings. The molecule has 0 N–H and O–H groups in total. The maximum absolute atomic E-state index is 3.74. The predicted molar refractivity (Wildman–Crippen MR) is 23.0 cm³/mol. The van der Waals surface area contributed by atoms with Crippen molar-refractivity contribution >= 4 is 12.6 Å². The van der Waals surface area contributed by atoms with Crippen molar-refractivity contribution in [2.45, 2.75) is 0 Å². The molecule has 0 saturated heterocycles. The van der Waals surface area contributed by atoms with Crippen molar-refractivity contribution in [3.8, 4) is 0 Å². The van der Waals surface area contributed by atoms with Gasteiger partial charge in [-0.25, -0.2) is 4.99 Å². The molecule has 1 aliphatic heterocycles. The summed E-state index contributed by atoms with van der Waals surface area (Å²) in [7, 11) is 0. The summed E-state index contributed by atoms with van der Waals surface area (Å²) >= 11 is 0. The van der Waals surface area contributed by atoms with Crippen LogP contribution in [-0.2, 0) is 0 Å². The molecule has 0 aromatic heterocycles. The van der Waals surface area contributed by atoms with Crippen molar-refractivity contribution in [3.63, 3.8) is 0 Å². The van der Waals surface area contributed by atoms with Gasteiger partial charge in [-0.1, -0.05) is 0 Å². The largest absolute Gasteiger partial charge is 1.00 e. The number of rotatable bonds is 0. The van der Waals surface area contributed by atoms with Gasteiger partial charge in [-0.05, 0) is 0 Å². The van der Waals surface area contributed by atoms with E-state index < -0.39 is 0 Å². The van der Waals surface area contributed by atoms with Gasteiger partial charge in [-0.15, -0.1) is 0 Å². The van der Waals surface area contributed by atoms with Crippen LogP contribution < -0.4 is 51.4 Å². The standard InChI is InChI=1S/C3H4N2.K.H/c1-2-5-3-4-1;;/h1,3H,2H2;;/q;+1;-1. The SMILES string of the molecule is C1=NC=NC1.[H-].[K+]. The van der Waals surface area contributed by atoms with E-state index in [1.54, 1.807) is 12.6 Å². The topological polar surface area (TPSA) is 24.7 Å². The first-order chi connectivity index (χ1) is 2.50. The third kappa shape index (κ3) is 2.20. The Morgan fingerprint density at radius 1 is 1.67 bits per heavy atom. The number of aliphatic imine (C=N–C) groups is 2. The summed E-state index contributed by atoms with van der Waals surface area (Å²) in [5, 5.41) is 0. The molecular formula is C3H5KN2. The minimum absolute atomic E-state index is 0. The molecule has 0 bridgehead atoms. The molecule has 3 heteroatoms. The van der Waals surface area contributed by atoms with Crippen molar-refractivity contribution in [3.05, 3.63) is 0 Å². The van der Waals surface area contributed by atoms with Crippen molar-refractivity contribution in [1.29, 1.82) is 0 Å². The van der Waals surface area contributed by atoms with Crippen LogP contribution in [0.5, 0.6) is 0 Å². The van der Waals surface area contributed by atoms with Gasteiger partial charge < -0.3 is 1.43 Å². The molecule has 0 amide bonds. The third-order valence-corrected chi connectivity index (χ3v) is 0.441. The van der Waals surface area contributed by atoms with Gasteiger partial charge in [0.1, 0.15) is 6.34 Å². The van der Waals surface area contributed by atoms with Crippen LogP contribution in [0.4, 0.5) is 0 Å². The van der Waals surface area contributed by atoms with E-state index >= 15 is 0 Å². The molecule has 1 rings (SSSR count). The maximum Gasteiger partial charge on any atom is 1.00 e. The summed E-state index contributed by atoms with van der Waals surface area (Å²) in [5.74, 6) is 0. The van der Waals surface area contributed by atoms with Crippen LogP contribution in [0.15, 0.2) is 9.98 Å². The molecule has 2 nitrogen and oxygen atoms in total. The van der Waals surface area contributed by atoms with E-state index in [-0.39, 0.29) is 52.8 Å². The summed E-state index contributed by atoms with van der Waals surface area (Å²) in [6.07, 6.45) is 3.32. The summed E-state index contributed by atoms with van der Waals surface area (Å²) in [6, 6.07) is 0. The second-order valence-corrected chi connectivity index (χ2v) is 0.812. The van der Waals surface area contributed by atoms with E-state index in [2.05, 4.69) is 9.98 Å². The Labute approximate surface area is 80.7 Å². The summed E-state index contributed by atoms with van der Waals surface area (Å²) in [6.45, 7) is 0.778. The number of nitrogens with zero attached hydrogens (tertiary/aromatic N) is 2. The Morgan fingerprint density at radius 3 is 2.67 bits per heavy atom. The zero-order valence-electron chi connectivity index (χ0n) is 4.76. The summed E-state index contributed by atoms with van der Waals surface area (Å²) in [4.78, 5) is 7.40. The average Bonchev–Trinajstić information content (AvgIpc) is 1.76. The monoisotopic (exact) mass is 108 g/mol. The molecule has 0 saturated carbocycles. The predicted octanol–water partition coefficient (Wildman–Crippen LogP) is -2.78. The average molecular weight is 108 g/mol. The summed E-state index contributed by atoms with van der Waals surface area (Å²) < 4.78 is 0. The van der Waals surface area contributed by atoms with E-state index in [0.717, 1.165) is 6.54 Å². The fourth-order valence-corrected chi connectivity index (χ4v) is 0.236. The fraction of sp³-hybridized carbons (Fsp3) is 0.333. The number of hydrogen-bond donors (Lipinski definition) is 0. The third-order valence-electron chi connectivity index (χ3n) is 0.441. The van der Waals surface area contributed by atoms with Gasteiger partial charge in [0, 0.05) is 6.21 Å². The van der Waals surface area contributed by atoms with Gasteiger partial charge in [0.25, 0.3) is 0 Å². The maximum atomic E-state index is 3.74. The zero-order valence-corrected chi connectivity index (χ0v) is 6.88. The smallest absolute Gasteiger partial charge is 1.00 e. The molecule has 0 spiro atoms. The van der Waals surface area contributed by atoms with Gasteiger partial charge in [0.2, 0.25) is 0 Å². The minimum atomic E-state index is 0. The van der Waals surface area contributed by atoms with E-state index in [0.29, 0.717) is 0 Å². The Kier molecular flexibility index (Phi) is 4.82. The zero-order chi connectivity index (χ0) is 3.54. The molecule has 0 aromatic carbocycles. The van der Waals surface area contributed by atoms with Crippen LogP contribution in [-0.4, -0.2) is 19.1 Å². The fourth-order valence-electron chi connectivity index (χ4n) is 0.236. The van der Waals surface area contributed by atoms with Crippen molar-refractivity contribution in [2.75, 3.05) is 6.54 Å². The second-order valence-electron chi connectivity index (χ2n) is 0.812. The van der Waals surface area contributed by atoms with Gasteiger partial charge in [0.05, 0.1) is 6.54 Å². The van der Waals surface area contributed by atoms with Crippen LogP contribution >= 0.6 is 0 Å². The van der Waals surface area contributed by atoms with Gasteiger partial charge in [0.15, 0.2) is 0 Å². The van der Waals surface area contributed by atoms with Gasteiger partial charge in [-0.2, -0.15) is 0 Å². The Morgan fingerprint density at radius 2 is 2.50 bits per heavy atom. The second kappa shape index (κ2) is 4.14. The van der Waals surface area contributed by atoms with Gasteiger partial charge in [-0.3, -0.25) is 4.99 Å². The van der Waals surface area contributed by atoms with Crippen molar-refractivity contribution in [2.24, 2.45) is 9.98 Å². The van der Waals surface area contributed by atoms with E-state index in [1.165, 1.54) is 0 Å². The van der Waals surface area contributed by atoms with Crippen LogP contribution in [0.3, 0.4) is 0 Å².